The summed E-state index contributed by atoms with van der Waals surface area (Å²) in [5.74, 6) is -0.435. The Kier molecular flexibility index (Phi) is 3.69. The number of benzene rings is 1. The minimum Gasteiger partial charge on any atom is -0.319 e. The minimum atomic E-state index is -0.436. The molecule has 7 heteroatoms. The van der Waals surface area contributed by atoms with Gasteiger partial charge >= 0.3 is 0 Å². The molecule has 92 valence electrons. The Morgan fingerprint density at radius 1 is 1.28 bits per heavy atom. The second-order valence-electron chi connectivity index (χ2n) is 3.46. The van der Waals surface area contributed by atoms with Crippen molar-refractivity contribution in [3.8, 4) is 0 Å². The molecule has 0 atom stereocenters. The predicted molar refractivity (Wildman–Crippen MR) is 69.3 cm³/mol. The van der Waals surface area contributed by atoms with Crippen molar-refractivity contribution >= 4 is 40.5 Å². The van der Waals surface area contributed by atoms with Gasteiger partial charge in [-0.2, -0.15) is 9.36 Å². The zero-order valence-electron chi connectivity index (χ0n) is 9.31. The number of nitrogens with one attached hydrogen (secondary N) is 1. The molecule has 1 aromatic heterocycles. The van der Waals surface area contributed by atoms with Crippen molar-refractivity contribution in [3.05, 3.63) is 40.1 Å². The predicted octanol–water partition coefficient (Wildman–Crippen LogP) is 2.65. The average molecular weight is 282 g/mol. The lowest BCUT2D eigenvalue weighted by Gasteiger charge is -2.02. The first-order chi connectivity index (χ1) is 8.56. The van der Waals surface area contributed by atoms with Gasteiger partial charge in [0.1, 0.15) is 0 Å². The number of aromatic nitrogens is 2. The van der Waals surface area contributed by atoms with Crippen molar-refractivity contribution in [2.45, 2.75) is 6.92 Å². The highest BCUT2D eigenvalue weighted by atomic mass is 35.5. The Labute approximate surface area is 112 Å². The van der Waals surface area contributed by atoms with Crippen LogP contribution in [0.1, 0.15) is 27.9 Å². The number of rotatable bonds is 3. The molecule has 0 aliphatic carbocycles. The van der Waals surface area contributed by atoms with Crippen LogP contribution >= 0.6 is 23.1 Å². The van der Waals surface area contributed by atoms with Gasteiger partial charge in [-0.25, -0.2) is 0 Å². The van der Waals surface area contributed by atoms with Crippen LogP contribution in [0.4, 0.5) is 5.69 Å². The third kappa shape index (κ3) is 2.91. The summed E-state index contributed by atoms with van der Waals surface area (Å²) in [7, 11) is 0. The smallest absolute Gasteiger partial charge is 0.294 e. The van der Waals surface area contributed by atoms with Crippen molar-refractivity contribution < 1.29 is 9.59 Å². The molecular weight excluding hydrogens is 274 g/mol. The summed E-state index contributed by atoms with van der Waals surface area (Å²) in [5, 5.41) is 2.61. The number of carbonyl (C=O) groups excluding carboxylic acids is 2. The maximum Gasteiger partial charge on any atom is 0.294 e. The second-order valence-corrected chi connectivity index (χ2v) is 4.79. The summed E-state index contributed by atoms with van der Waals surface area (Å²) in [5.41, 5.74) is 1.15. The van der Waals surface area contributed by atoms with E-state index in [2.05, 4.69) is 14.7 Å². The van der Waals surface area contributed by atoms with Gasteiger partial charge in [0.05, 0.1) is 0 Å². The van der Waals surface area contributed by atoms with Gasteiger partial charge in [-0.15, -0.1) is 0 Å². The van der Waals surface area contributed by atoms with Crippen molar-refractivity contribution in [1.29, 1.82) is 0 Å². The van der Waals surface area contributed by atoms with E-state index in [0.717, 1.165) is 11.5 Å². The number of halogens is 1. The molecule has 0 aliphatic heterocycles. The molecule has 0 spiro atoms. The summed E-state index contributed by atoms with van der Waals surface area (Å²) >= 11 is 6.54. The number of hydrogen-bond donors (Lipinski definition) is 1. The standard InChI is InChI=1S/C11H8ClN3O2S/c1-6(16)7-2-4-8(5-3-7)13-10(17)9-14-11(12)18-15-9/h2-5H,1H3,(H,13,17). The normalized spacial score (nSPS) is 10.1. The highest BCUT2D eigenvalue weighted by Crippen LogP contribution is 2.14. The first-order valence-corrected chi connectivity index (χ1v) is 6.13. The summed E-state index contributed by atoms with van der Waals surface area (Å²) < 4.78 is 4.00. The van der Waals surface area contributed by atoms with E-state index in [1.54, 1.807) is 24.3 Å². The van der Waals surface area contributed by atoms with Crippen LogP contribution in [0, 0.1) is 0 Å². The molecule has 5 nitrogen and oxygen atoms in total. The Balaban J connectivity index is 2.10. The van der Waals surface area contributed by atoms with Gasteiger partial charge in [0, 0.05) is 11.3 Å². The Morgan fingerprint density at radius 2 is 1.94 bits per heavy atom. The first-order valence-electron chi connectivity index (χ1n) is 4.98. The van der Waals surface area contributed by atoms with Gasteiger partial charge < -0.3 is 5.32 Å². The van der Waals surface area contributed by atoms with E-state index < -0.39 is 5.91 Å². The molecule has 0 fully saturated rings. The number of amides is 1. The van der Waals surface area contributed by atoms with E-state index in [-0.39, 0.29) is 16.1 Å². The molecule has 0 aliphatic rings. The highest BCUT2D eigenvalue weighted by Gasteiger charge is 2.12. The lowest BCUT2D eigenvalue weighted by Crippen LogP contribution is -2.13. The fourth-order valence-corrected chi connectivity index (χ4v) is 1.87. The van der Waals surface area contributed by atoms with Gasteiger partial charge in [0.15, 0.2) is 5.78 Å². The van der Waals surface area contributed by atoms with E-state index in [0.29, 0.717) is 11.3 Å². The maximum absolute atomic E-state index is 11.7. The Hall–Kier alpha value is -1.79. The largest absolute Gasteiger partial charge is 0.319 e. The molecular formula is C11H8ClN3O2S. The summed E-state index contributed by atoms with van der Waals surface area (Å²) in [4.78, 5) is 26.5. The van der Waals surface area contributed by atoms with E-state index in [1.165, 1.54) is 6.92 Å². The first kappa shape index (κ1) is 12.7. The molecule has 0 radical (unpaired) electrons. The van der Waals surface area contributed by atoms with E-state index >= 15 is 0 Å². The molecule has 0 saturated carbocycles. The Bertz CT molecular complexity index is 595. The minimum absolute atomic E-state index is 0.0270. The molecule has 0 bridgehead atoms. The fraction of sp³-hybridized carbons (Fsp3) is 0.0909. The molecule has 18 heavy (non-hydrogen) atoms. The van der Waals surface area contributed by atoms with Crippen LogP contribution in [-0.4, -0.2) is 21.0 Å². The van der Waals surface area contributed by atoms with Crippen LogP contribution in [0.15, 0.2) is 24.3 Å². The molecule has 2 rings (SSSR count). The maximum atomic E-state index is 11.7. The third-order valence-corrected chi connectivity index (χ3v) is 2.95. The van der Waals surface area contributed by atoms with Gasteiger partial charge in [-0.05, 0) is 54.3 Å². The molecule has 1 amide bonds. The van der Waals surface area contributed by atoms with Gasteiger partial charge in [-0.1, -0.05) is 0 Å². The fourth-order valence-electron chi connectivity index (χ4n) is 1.27. The van der Waals surface area contributed by atoms with Crippen LogP contribution in [-0.2, 0) is 0 Å². The molecule has 2 aromatic rings. The monoisotopic (exact) mass is 281 g/mol. The summed E-state index contributed by atoms with van der Waals surface area (Å²) in [6, 6.07) is 6.56. The van der Waals surface area contributed by atoms with E-state index in [4.69, 9.17) is 11.6 Å². The molecule has 0 unspecified atom stereocenters. The molecule has 1 heterocycles. The number of hydrogen-bond acceptors (Lipinski definition) is 5. The van der Waals surface area contributed by atoms with Crippen molar-refractivity contribution in [2.24, 2.45) is 0 Å². The van der Waals surface area contributed by atoms with Crippen LogP contribution < -0.4 is 5.32 Å². The van der Waals surface area contributed by atoms with E-state index in [9.17, 15) is 9.59 Å². The second kappa shape index (κ2) is 5.24. The summed E-state index contributed by atoms with van der Waals surface area (Å²) in [6.07, 6.45) is 0. The topological polar surface area (TPSA) is 72.0 Å². The van der Waals surface area contributed by atoms with Gasteiger partial charge in [-0.3, -0.25) is 9.59 Å². The number of anilines is 1. The molecule has 1 N–H and O–H groups in total. The number of ketones is 1. The van der Waals surface area contributed by atoms with E-state index in [1.807, 2.05) is 0 Å². The zero-order chi connectivity index (χ0) is 13.1. The van der Waals surface area contributed by atoms with Crippen molar-refractivity contribution in [1.82, 2.24) is 9.36 Å². The number of nitrogens with zero attached hydrogens (tertiary/aromatic N) is 2. The van der Waals surface area contributed by atoms with Crippen LogP contribution in [0.25, 0.3) is 0 Å². The SMILES string of the molecule is CC(=O)c1ccc(NC(=O)c2nsc(Cl)n2)cc1. The van der Waals surface area contributed by atoms with Crippen molar-refractivity contribution in [3.63, 3.8) is 0 Å². The Morgan fingerprint density at radius 3 is 2.44 bits per heavy atom. The van der Waals surface area contributed by atoms with Gasteiger partial charge in [0.25, 0.3) is 5.91 Å². The molecule has 1 aromatic carbocycles. The average Bonchev–Trinajstić information content (AvgIpc) is 2.76. The number of carbonyl (C=O) groups is 2. The van der Waals surface area contributed by atoms with Gasteiger partial charge in [0.2, 0.25) is 10.3 Å². The third-order valence-electron chi connectivity index (χ3n) is 2.15. The summed E-state index contributed by atoms with van der Waals surface area (Å²) in [6.45, 7) is 1.48. The van der Waals surface area contributed by atoms with Crippen LogP contribution in [0.3, 0.4) is 0 Å². The zero-order valence-corrected chi connectivity index (χ0v) is 10.9. The lowest BCUT2D eigenvalue weighted by molar-refractivity contribution is 0.101. The lowest BCUT2D eigenvalue weighted by atomic mass is 10.1. The van der Waals surface area contributed by atoms with Crippen LogP contribution in [0.2, 0.25) is 4.47 Å². The van der Waals surface area contributed by atoms with Crippen molar-refractivity contribution in [2.75, 3.05) is 5.32 Å². The number of Topliss-reactive ketones (excluding diaryl/α,β-unsaturated/α-hetero) is 1. The molecule has 0 saturated heterocycles. The van der Waals surface area contributed by atoms with Crippen LogP contribution in [0.5, 0.6) is 0 Å². The highest BCUT2D eigenvalue weighted by molar-refractivity contribution is 7.10. The quantitative estimate of drug-likeness (QED) is 0.878.